The first-order chi connectivity index (χ1) is 24.4. The van der Waals surface area contributed by atoms with Crippen molar-refractivity contribution in [3.05, 3.63) is 176 Å². The Bertz CT molecular complexity index is 2840. The number of hydrogen-bond donors (Lipinski definition) is 0. The lowest BCUT2D eigenvalue weighted by Gasteiger charge is -2.29. The van der Waals surface area contributed by atoms with Crippen LogP contribution in [0.3, 0.4) is 0 Å². The molecule has 0 unspecified atom stereocenters. The molecule has 0 radical (unpaired) electrons. The van der Waals surface area contributed by atoms with Crippen molar-refractivity contribution in [3.8, 4) is 27.9 Å². The maximum Gasteiger partial charge on any atom is 0.332 e. The van der Waals surface area contributed by atoms with E-state index in [1.165, 1.54) is 93.3 Å². The highest BCUT2D eigenvalue weighted by Crippen LogP contribution is 2.42. The summed E-state index contributed by atoms with van der Waals surface area (Å²) in [4.78, 5) is 0. The maximum atomic E-state index is 2.68. The third-order valence-electron chi connectivity index (χ3n) is 10.7. The molecule has 0 saturated heterocycles. The second-order valence-corrected chi connectivity index (χ2v) is 13.2. The van der Waals surface area contributed by atoms with E-state index in [1.54, 1.807) is 0 Å². The largest absolute Gasteiger partial charge is 0.375 e. The summed E-state index contributed by atoms with van der Waals surface area (Å²) in [7, 11) is 0. The number of fused-ring (bicyclic) bond motifs is 10. The summed E-state index contributed by atoms with van der Waals surface area (Å²) in [5.41, 5.74) is 13.9. The van der Waals surface area contributed by atoms with Crippen molar-refractivity contribution in [2.75, 3.05) is 0 Å². The molecule has 8 aromatic carbocycles. The van der Waals surface area contributed by atoms with Crippen LogP contribution in [0.1, 0.15) is 0 Å². The summed E-state index contributed by atoms with van der Waals surface area (Å²) < 4.78 is 5.21. The standard InChI is InChI=1S/C46H29BN2/c1-3-14-30(15-4-1)34-20-11-22-36-37-23-12-21-35(31-16-5-2-6-17-31)45(37)49(44(34)36)47-39-25-9-10-27-41(39)48-42-29-28-32-18-7-8-19-33(32)43(42)38-24-13-26-40(47)46(38)48/h1-29H. The van der Waals surface area contributed by atoms with E-state index >= 15 is 0 Å². The SMILES string of the molecule is c1ccc(-c2cccc3c4cccc(-c5ccccc5)c4n(B4c5ccccc5-n5c6ccc7ccccc7c6c6cccc4c65)c23)cc1. The van der Waals surface area contributed by atoms with Gasteiger partial charge in [-0.3, -0.25) is 0 Å². The van der Waals surface area contributed by atoms with Crippen LogP contribution in [0, 0.1) is 0 Å². The zero-order valence-corrected chi connectivity index (χ0v) is 26.7. The van der Waals surface area contributed by atoms with Crippen molar-refractivity contribution >= 4 is 72.2 Å². The topological polar surface area (TPSA) is 9.86 Å². The average molecular weight is 621 g/mol. The quantitative estimate of drug-likeness (QED) is 0.174. The molecule has 3 heterocycles. The summed E-state index contributed by atoms with van der Waals surface area (Å²) in [5.74, 6) is 0. The lowest BCUT2D eigenvalue weighted by Crippen LogP contribution is -2.53. The van der Waals surface area contributed by atoms with Crippen molar-refractivity contribution in [2.24, 2.45) is 0 Å². The van der Waals surface area contributed by atoms with Crippen molar-refractivity contribution < 1.29 is 0 Å². The minimum absolute atomic E-state index is 0.0577. The van der Waals surface area contributed by atoms with Gasteiger partial charge in [-0.15, -0.1) is 0 Å². The van der Waals surface area contributed by atoms with Gasteiger partial charge in [-0.25, -0.2) is 0 Å². The van der Waals surface area contributed by atoms with Crippen molar-refractivity contribution in [2.45, 2.75) is 0 Å². The number of hydrogen-bond acceptors (Lipinski definition) is 0. The molecule has 0 amide bonds. The highest BCUT2D eigenvalue weighted by Gasteiger charge is 2.37. The Morgan fingerprint density at radius 3 is 1.63 bits per heavy atom. The van der Waals surface area contributed by atoms with Gasteiger partial charge in [0.1, 0.15) is 0 Å². The Balaban J connectivity index is 1.36. The summed E-state index contributed by atoms with van der Waals surface area (Å²) in [6.07, 6.45) is 0. The molecule has 49 heavy (non-hydrogen) atoms. The van der Waals surface area contributed by atoms with Crippen LogP contribution in [0.4, 0.5) is 0 Å². The lowest BCUT2D eigenvalue weighted by atomic mass is 9.48. The molecule has 0 bridgehead atoms. The van der Waals surface area contributed by atoms with Crippen LogP contribution in [0.5, 0.6) is 0 Å². The fourth-order valence-electron chi connectivity index (χ4n) is 8.81. The van der Waals surface area contributed by atoms with Crippen LogP contribution in [0.15, 0.2) is 176 Å². The predicted octanol–water partition coefficient (Wildman–Crippen LogP) is 10.3. The van der Waals surface area contributed by atoms with Gasteiger partial charge in [-0.05, 0) is 45.0 Å². The van der Waals surface area contributed by atoms with E-state index in [4.69, 9.17) is 0 Å². The van der Waals surface area contributed by atoms with Crippen LogP contribution in [0.2, 0.25) is 0 Å². The Labute approximate surface area is 284 Å². The van der Waals surface area contributed by atoms with Gasteiger partial charge < -0.3 is 9.05 Å². The molecule has 2 nitrogen and oxygen atoms in total. The first-order valence-corrected chi connectivity index (χ1v) is 17.1. The fraction of sp³-hybridized carbons (Fsp3) is 0. The van der Waals surface area contributed by atoms with Gasteiger partial charge in [-0.2, -0.15) is 0 Å². The van der Waals surface area contributed by atoms with Crippen LogP contribution in [-0.4, -0.2) is 15.9 Å². The third-order valence-corrected chi connectivity index (χ3v) is 10.7. The van der Waals surface area contributed by atoms with E-state index in [0.717, 1.165) is 0 Å². The van der Waals surface area contributed by atoms with E-state index in [1.807, 2.05) is 0 Å². The molecule has 1 aliphatic rings. The number of nitrogens with zero attached hydrogens (tertiary/aromatic N) is 2. The van der Waals surface area contributed by atoms with Gasteiger partial charge in [-0.1, -0.05) is 164 Å². The summed E-state index contributed by atoms with van der Waals surface area (Å²) in [5, 5.41) is 7.74. The molecule has 1 aliphatic heterocycles. The molecule has 0 fully saturated rings. The highest BCUT2D eigenvalue weighted by molar-refractivity contribution is 6.88. The highest BCUT2D eigenvalue weighted by atomic mass is 15.0. The molecule has 3 heteroatoms. The summed E-state index contributed by atoms with van der Waals surface area (Å²) in [6, 6.07) is 64.9. The number of aromatic nitrogens is 2. The monoisotopic (exact) mass is 620 g/mol. The molecule has 0 N–H and O–H groups in total. The second kappa shape index (κ2) is 10.1. The summed E-state index contributed by atoms with van der Waals surface area (Å²) in [6.45, 7) is -0.0577. The number of para-hydroxylation sites is 4. The average Bonchev–Trinajstić information content (AvgIpc) is 3.70. The molecule has 0 saturated carbocycles. The molecule has 10 aromatic rings. The third kappa shape index (κ3) is 3.62. The van der Waals surface area contributed by atoms with Crippen LogP contribution in [0.25, 0.3) is 82.3 Å². The van der Waals surface area contributed by atoms with E-state index in [0.29, 0.717) is 0 Å². The van der Waals surface area contributed by atoms with Gasteiger partial charge in [0, 0.05) is 49.4 Å². The fourth-order valence-corrected chi connectivity index (χ4v) is 8.81. The molecule has 0 aliphatic carbocycles. The van der Waals surface area contributed by atoms with E-state index in [-0.39, 0.29) is 6.85 Å². The van der Waals surface area contributed by atoms with Crippen molar-refractivity contribution in [3.63, 3.8) is 0 Å². The molecule has 11 rings (SSSR count). The molecule has 0 spiro atoms. The molecular weight excluding hydrogens is 591 g/mol. The molecule has 226 valence electrons. The maximum absolute atomic E-state index is 2.68. The van der Waals surface area contributed by atoms with Gasteiger partial charge >= 0.3 is 6.85 Å². The molecule has 2 aromatic heterocycles. The second-order valence-electron chi connectivity index (χ2n) is 13.2. The van der Waals surface area contributed by atoms with Crippen LogP contribution in [-0.2, 0) is 0 Å². The number of benzene rings is 8. The normalized spacial score (nSPS) is 12.4. The Hall–Kier alpha value is -6.32. The van der Waals surface area contributed by atoms with Crippen LogP contribution >= 0.6 is 0 Å². The lowest BCUT2D eigenvalue weighted by molar-refractivity contribution is 1.18. The minimum atomic E-state index is -0.0577. The molecule has 0 atom stereocenters. The first kappa shape index (κ1) is 26.7. The van der Waals surface area contributed by atoms with Gasteiger partial charge in [0.2, 0.25) is 0 Å². The minimum Gasteiger partial charge on any atom is -0.375 e. The first-order valence-electron chi connectivity index (χ1n) is 17.1. The van der Waals surface area contributed by atoms with Gasteiger partial charge in [0.15, 0.2) is 0 Å². The van der Waals surface area contributed by atoms with Crippen molar-refractivity contribution in [1.82, 2.24) is 9.05 Å². The zero-order valence-electron chi connectivity index (χ0n) is 26.7. The van der Waals surface area contributed by atoms with E-state index < -0.39 is 0 Å². The van der Waals surface area contributed by atoms with Gasteiger partial charge in [0.05, 0.1) is 11.0 Å². The molecular formula is C46H29BN2. The summed E-state index contributed by atoms with van der Waals surface area (Å²) >= 11 is 0. The zero-order chi connectivity index (χ0) is 32.1. The Morgan fingerprint density at radius 2 is 0.918 bits per heavy atom. The van der Waals surface area contributed by atoms with E-state index in [2.05, 4.69) is 185 Å². The Kier molecular flexibility index (Phi) is 5.50. The smallest absolute Gasteiger partial charge is 0.332 e. The van der Waals surface area contributed by atoms with E-state index in [9.17, 15) is 0 Å². The van der Waals surface area contributed by atoms with Crippen molar-refractivity contribution in [1.29, 1.82) is 0 Å². The van der Waals surface area contributed by atoms with Crippen LogP contribution < -0.4 is 10.9 Å². The Morgan fingerprint density at radius 1 is 0.367 bits per heavy atom. The van der Waals surface area contributed by atoms with Gasteiger partial charge in [0.25, 0.3) is 0 Å². The number of rotatable bonds is 3. The predicted molar refractivity (Wildman–Crippen MR) is 209 cm³/mol.